The molecule has 0 spiro atoms. The molecule has 0 heterocycles. The van der Waals surface area contributed by atoms with Gasteiger partial charge in [0.05, 0.1) is 5.56 Å². The normalized spacial score (nSPS) is 10.4. The Morgan fingerprint density at radius 1 is 0.864 bits per heavy atom. The third-order valence-electron chi connectivity index (χ3n) is 3.49. The molecule has 0 amide bonds. The zero-order valence-electron chi connectivity index (χ0n) is 12.1. The monoisotopic (exact) mass is 316 g/mol. The van der Waals surface area contributed by atoms with Crippen LogP contribution in [0.5, 0.6) is 0 Å². The van der Waals surface area contributed by atoms with Gasteiger partial charge in [-0.05, 0) is 61.2 Å². The number of carbonyl (C=O) groups excluding carboxylic acids is 1. The van der Waals surface area contributed by atoms with Crippen LogP contribution in [0.15, 0.2) is 48.5 Å². The van der Waals surface area contributed by atoms with Crippen molar-refractivity contribution >= 4 is 23.4 Å². The summed E-state index contributed by atoms with van der Waals surface area (Å²) in [6.45, 7) is 0. The van der Waals surface area contributed by atoms with Crippen LogP contribution in [-0.2, 0) is 6.42 Å². The fourth-order valence-corrected chi connectivity index (χ4v) is 2.33. The Morgan fingerprint density at radius 2 is 1.45 bits per heavy atom. The van der Waals surface area contributed by atoms with Crippen molar-refractivity contribution in [2.24, 2.45) is 0 Å². The van der Waals surface area contributed by atoms with Crippen LogP contribution in [0.25, 0.3) is 0 Å². The van der Waals surface area contributed by atoms with E-state index in [1.165, 1.54) is 0 Å². The Morgan fingerprint density at radius 3 is 2.05 bits per heavy atom. The van der Waals surface area contributed by atoms with Gasteiger partial charge in [-0.25, -0.2) is 4.79 Å². The van der Waals surface area contributed by atoms with Gasteiger partial charge in [-0.1, -0.05) is 23.7 Å². The minimum absolute atomic E-state index is 0.123. The third-order valence-corrected chi connectivity index (χ3v) is 3.74. The first-order chi connectivity index (χ1) is 10.6. The Kier molecular flexibility index (Phi) is 5.73. The average molecular weight is 317 g/mol. The molecule has 2 rings (SSSR count). The second-order valence-electron chi connectivity index (χ2n) is 5.14. The van der Waals surface area contributed by atoms with Crippen LogP contribution in [0, 0.1) is 0 Å². The summed E-state index contributed by atoms with van der Waals surface area (Å²) in [5.41, 5.74) is 2.07. The van der Waals surface area contributed by atoms with Gasteiger partial charge in [-0.2, -0.15) is 0 Å². The molecule has 0 fully saturated rings. The van der Waals surface area contributed by atoms with Crippen LogP contribution < -0.4 is 0 Å². The standard InChI is InChI=1S/C18H17ClO3/c19-16-11-9-14(10-12-16)17(20)4-2-1-3-13-5-7-15(8-6-13)18(21)22/h5-12H,1-4H2,(H,21,22). The molecule has 0 aliphatic heterocycles. The van der Waals surface area contributed by atoms with E-state index in [1.807, 2.05) is 12.1 Å². The van der Waals surface area contributed by atoms with Gasteiger partial charge < -0.3 is 5.11 Å². The number of aryl methyl sites for hydroxylation is 1. The lowest BCUT2D eigenvalue weighted by molar-refractivity contribution is 0.0696. The molecular formula is C18H17ClO3. The summed E-state index contributed by atoms with van der Waals surface area (Å²) >= 11 is 5.79. The van der Waals surface area contributed by atoms with Gasteiger partial charge in [0, 0.05) is 17.0 Å². The minimum atomic E-state index is -0.917. The number of ketones is 1. The Balaban J connectivity index is 1.75. The summed E-state index contributed by atoms with van der Waals surface area (Å²) in [4.78, 5) is 22.7. The molecule has 0 saturated heterocycles. The molecule has 0 radical (unpaired) electrons. The molecule has 0 aliphatic rings. The molecule has 22 heavy (non-hydrogen) atoms. The fraction of sp³-hybridized carbons (Fsp3) is 0.222. The molecule has 3 nitrogen and oxygen atoms in total. The zero-order valence-corrected chi connectivity index (χ0v) is 12.8. The van der Waals surface area contributed by atoms with E-state index in [2.05, 4.69) is 0 Å². The van der Waals surface area contributed by atoms with Gasteiger partial charge in [0.1, 0.15) is 0 Å². The topological polar surface area (TPSA) is 54.4 Å². The summed E-state index contributed by atoms with van der Waals surface area (Å²) < 4.78 is 0. The van der Waals surface area contributed by atoms with Crippen LogP contribution in [-0.4, -0.2) is 16.9 Å². The minimum Gasteiger partial charge on any atom is -0.478 e. The van der Waals surface area contributed by atoms with Crippen LogP contribution in [0.1, 0.15) is 45.5 Å². The number of unbranched alkanes of at least 4 members (excludes halogenated alkanes) is 1. The zero-order chi connectivity index (χ0) is 15.9. The van der Waals surface area contributed by atoms with Gasteiger partial charge in [-0.15, -0.1) is 0 Å². The summed E-state index contributed by atoms with van der Waals surface area (Å²) in [5.74, 6) is -0.794. The quantitative estimate of drug-likeness (QED) is 0.598. The predicted molar refractivity (Wildman–Crippen MR) is 86.7 cm³/mol. The molecule has 4 heteroatoms. The Bertz CT molecular complexity index is 645. The first kappa shape index (κ1) is 16.2. The molecule has 0 saturated carbocycles. The number of Topliss-reactive ketones (excluding diaryl/α,β-unsaturated/α-hetero) is 1. The first-order valence-corrected chi connectivity index (χ1v) is 7.55. The van der Waals surface area contributed by atoms with Gasteiger partial charge in [0.15, 0.2) is 5.78 Å². The van der Waals surface area contributed by atoms with Gasteiger partial charge >= 0.3 is 5.97 Å². The van der Waals surface area contributed by atoms with Crippen molar-refractivity contribution in [2.75, 3.05) is 0 Å². The molecule has 0 atom stereocenters. The van der Waals surface area contributed by atoms with Gasteiger partial charge in [0.25, 0.3) is 0 Å². The number of benzene rings is 2. The van der Waals surface area contributed by atoms with Crippen molar-refractivity contribution in [2.45, 2.75) is 25.7 Å². The van der Waals surface area contributed by atoms with E-state index in [-0.39, 0.29) is 5.78 Å². The lowest BCUT2D eigenvalue weighted by atomic mass is 10.0. The van der Waals surface area contributed by atoms with Crippen LogP contribution in [0.3, 0.4) is 0 Å². The second-order valence-corrected chi connectivity index (χ2v) is 5.58. The maximum atomic E-state index is 12.0. The Hall–Kier alpha value is -2.13. The SMILES string of the molecule is O=C(O)c1ccc(CCCCC(=O)c2ccc(Cl)cc2)cc1. The predicted octanol–water partition coefficient (Wildman–Crippen LogP) is 4.63. The highest BCUT2D eigenvalue weighted by molar-refractivity contribution is 6.30. The average Bonchev–Trinajstić information content (AvgIpc) is 2.52. The third kappa shape index (κ3) is 4.71. The first-order valence-electron chi connectivity index (χ1n) is 7.17. The van der Waals surface area contributed by atoms with Crippen LogP contribution >= 0.6 is 11.6 Å². The number of halogens is 1. The maximum absolute atomic E-state index is 12.0. The molecule has 114 valence electrons. The molecule has 2 aromatic rings. The summed E-state index contributed by atoms with van der Waals surface area (Å²) in [6, 6.07) is 13.8. The van der Waals surface area contributed by atoms with E-state index in [4.69, 9.17) is 16.7 Å². The second kappa shape index (κ2) is 7.76. The number of rotatable bonds is 7. The van der Waals surface area contributed by atoms with E-state index in [9.17, 15) is 9.59 Å². The number of carboxylic acid groups (broad SMARTS) is 1. The number of aromatic carboxylic acids is 1. The number of hydrogen-bond donors (Lipinski definition) is 1. The summed E-state index contributed by atoms with van der Waals surface area (Å²) in [5, 5.41) is 9.46. The number of hydrogen-bond acceptors (Lipinski definition) is 2. The fourth-order valence-electron chi connectivity index (χ4n) is 2.21. The molecule has 0 aromatic heterocycles. The molecule has 2 aromatic carbocycles. The van der Waals surface area contributed by atoms with E-state index in [0.717, 1.165) is 24.8 Å². The molecule has 0 unspecified atom stereocenters. The van der Waals surface area contributed by atoms with Crippen molar-refractivity contribution in [1.29, 1.82) is 0 Å². The van der Waals surface area contributed by atoms with Crippen molar-refractivity contribution in [3.8, 4) is 0 Å². The van der Waals surface area contributed by atoms with Crippen LogP contribution in [0.4, 0.5) is 0 Å². The largest absolute Gasteiger partial charge is 0.478 e. The highest BCUT2D eigenvalue weighted by atomic mass is 35.5. The van der Waals surface area contributed by atoms with Crippen molar-refractivity contribution in [3.63, 3.8) is 0 Å². The molecule has 1 N–H and O–H groups in total. The van der Waals surface area contributed by atoms with Crippen molar-refractivity contribution in [3.05, 3.63) is 70.2 Å². The summed E-state index contributed by atoms with van der Waals surface area (Å²) in [6.07, 6.45) is 3.05. The summed E-state index contributed by atoms with van der Waals surface area (Å²) in [7, 11) is 0. The number of carboxylic acids is 1. The van der Waals surface area contributed by atoms with Gasteiger partial charge in [0.2, 0.25) is 0 Å². The number of carbonyl (C=O) groups is 2. The van der Waals surface area contributed by atoms with Crippen LogP contribution in [0.2, 0.25) is 5.02 Å². The molecular weight excluding hydrogens is 300 g/mol. The maximum Gasteiger partial charge on any atom is 0.335 e. The van der Waals surface area contributed by atoms with E-state index in [1.54, 1.807) is 36.4 Å². The molecule has 0 aliphatic carbocycles. The lowest BCUT2D eigenvalue weighted by Crippen LogP contribution is -1.99. The highest BCUT2D eigenvalue weighted by Gasteiger charge is 2.06. The Labute approximate surface area is 134 Å². The smallest absolute Gasteiger partial charge is 0.335 e. The van der Waals surface area contributed by atoms with E-state index >= 15 is 0 Å². The van der Waals surface area contributed by atoms with E-state index < -0.39 is 5.97 Å². The van der Waals surface area contributed by atoms with Gasteiger partial charge in [-0.3, -0.25) is 4.79 Å². The highest BCUT2D eigenvalue weighted by Crippen LogP contribution is 2.14. The molecule has 0 bridgehead atoms. The van der Waals surface area contributed by atoms with E-state index in [0.29, 0.717) is 22.6 Å². The lowest BCUT2D eigenvalue weighted by Gasteiger charge is -2.03. The van der Waals surface area contributed by atoms with Crippen molar-refractivity contribution < 1.29 is 14.7 Å². The van der Waals surface area contributed by atoms with Crippen molar-refractivity contribution in [1.82, 2.24) is 0 Å².